The van der Waals surface area contributed by atoms with Gasteiger partial charge in [-0.15, -0.1) is 11.3 Å². The van der Waals surface area contributed by atoms with Crippen LogP contribution in [0.2, 0.25) is 5.02 Å². The summed E-state index contributed by atoms with van der Waals surface area (Å²) in [5.74, 6) is 0.666. The number of rotatable bonds is 3. The molecule has 0 unspecified atom stereocenters. The van der Waals surface area contributed by atoms with Gasteiger partial charge in [0, 0.05) is 11.1 Å². The molecule has 0 N–H and O–H groups in total. The molecule has 2 aromatic carbocycles. The van der Waals surface area contributed by atoms with Crippen LogP contribution in [0.1, 0.15) is 5.56 Å². The van der Waals surface area contributed by atoms with Crippen LogP contribution in [0, 0.1) is 0 Å². The monoisotopic (exact) mass is 300 g/mol. The summed E-state index contributed by atoms with van der Waals surface area (Å²) in [6.45, 7) is 3.91. The Labute approximate surface area is 127 Å². The largest absolute Gasteiger partial charge is 0.497 e. The number of ether oxygens (including phenoxy) is 1. The van der Waals surface area contributed by atoms with Crippen LogP contribution in [0.25, 0.3) is 27.0 Å². The lowest BCUT2D eigenvalue weighted by atomic mass is 10.0. The molecule has 3 aromatic rings. The first-order valence-corrected chi connectivity index (χ1v) is 7.46. The second-order valence-electron chi connectivity index (χ2n) is 4.47. The lowest BCUT2D eigenvalue weighted by molar-refractivity contribution is 0.371. The summed E-state index contributed by atoms with van der Waals surface area (Å²) in [4.78, 5) is 1.09. The highest BCUT2D eigenvalue weighted by molar-refractivity contribution is 7.14. The summed E-state index contributed by atoms with van der Waals surface area (Å²) < 4.78 is 5.22. The lowest BCUT2D eigenvalue weighted by Crippen LogP contribution is -1.87. The molecule has 3 rings (SSSR count). The second kappa shape index (κ2) is 5.31. The minimum Gasteiger partial charge on any atom is -0.497 e. The van der Waals surface area contributed by atoms with Gasteiger partial charge in [0.1, 0.15) is 5.76 Å². The van der Waals surface area contributed by atoms with Crippen molar-refractivity contribution in [2.45, 2.75) is 0 Å². The molecular formula is C17H13ClOS. The number of halogens is 1. The van der Waals surface area contributed by atoms with Gasteiger partial charge in [0.2, 0.25) is 0 Å². The normalized spacial score (nSPS) is 10.7. The molecule has 20 heavy (non-hydrogen) atoms. The van der Waals surface area contributed by atoms with Crippen LogP contribution < -0.4 is 0 Å². The van der Waals surface area contributed by atoms with Gasteiger partial charge in [-0.25, -0.2) is 0 Å². The molecule has 0 saturated carbocycles. The Morgan fingerprint density at radius 1 is 1.20 bits per heavy atom. The maximum absolute atomic E-state index is 6.27. The van der Waals surface area contributed by atoms with E-state index in [2.05, 4.69) is 36.9 Å². The van der Waals surface area contributed by atoms with Gasteiger partial charge in [-0.3, -0.25) is 0 Å². The first-order chi connectivity index (χ1) is 9.70. The van der Waals surface area contributed by atoms with E-state index in [-0.39, 0.29) is 0 Å². The zero-order chi connectivity index (χ0) is 14.1. The number of thiophene rings is 1. The summed E-state index contributed by atoms with van der Waals surface area (Å²) in [6.07, 6.45) is 0. The van der Waals surface area contributed by atoms with Crippen molar-refractivity contribution in [3.8, 4) is 10.4 Å². The molecule has 100 valence electrons. The number of hydrogen-bond donors (Lipinski definition) is 0. The molecule has 3 heteroatoms. The fourth-order valence-corrected chi connectivity index (χ4v) is 3.45. The average Bonchev–Trinajstić information content (AvgIpc) is 2.91. The Kier molecular flexibility index (Phi) is 3.51. The minimum atomic E-state index is 0.666. The van der Waals surface area contributed by atoms with E-state index < -0.39 is 0 Å². The fraction of sp³-hybridized carbons (Fsp3) is 0.0588. The maximum Gasteiger partial charge on any atom is 0.118 e. The Morgan fingerprint density at radius 2 is 2.05 bits per heavy atom. The van der Waals surface area contributed by atoms with Crippen molar-refractivity contribution in [2.24, 2.45) is 0 Å². The van der Waals surface area contributed by atoms with Crippen LogP contribution in [-0.4, -0.2) is 7.11 Å². The third-order valence-electron chi connectivity index (χ3n) is 3.31. The van der Waals surface area contributed by atoms with Crippen molar-refractivity contribution in [3.05, 3.63) is 65.0 Å². The van der Waals surface area contributed by atoms with E-state index in [4.69, 9.17) is 16.3 Å². The topological polar surface area (TPSA) is 9.23 Å². The molecule has 0 radical (unpaired) electrons. The molecule has 1 heterocycles. The van der Waals surface area contributed by atoms with E-state index in [1.807, 2.05) is 17.5 Å². The highest BCUT2D eigenvalue weighted by Crippen LogP contribution is 2.38. The molecular weight excluding hydrogens is 288 g/mol. The smallest absolute Gasteiger partial charge is 0.118 e. The van der Waals surface area contributed by atoms with Crippen LogP contribution in [0.3, 0.4) is 0 Å². The first-order valence-electron chi connectivity index (χ1n) is 6.20. The van der Waals surface area contributed by atoms with Gasteiger partial charge in [0.05, 0.1) is 17.0 Å². The Bertz CT molecular complexity index is 789. The van der Waals surface area contributed by atoms with E-state index in [0.717, 1.165) is 26.4 Å². The third-order valence-corrected chi connectivity index (χ3v) is 4.69. The van der Waals surface area contributed by atoms with Crippen molar-refractivity contribution in [1.82, 2.24) is 0 Å². The molecule has 0 saturated heterocycles. The van der Waals surface area contributed by atoms with E-state index in [0.29, 0.717) is 5.76 Å². The summed E-state index contributed by atoms with van der Waals surface area (Å²) in [7, 11) is 1.63. The molecule has 1 nitrogen and oxygen atoms in total. The minimum absolute atomic E-state index is 0.666. The summed E-state index contributed by atoms with van der Waals surface area (Å²) in [5, 5.41) is 5.14. The van der Waals surface area contributed by atoms with E-state index in [1.165, 1.54) is 5.39 Å². The molecule has 1 aromatic heterocycles. The van der Waals surface area contributed by atoms with Crippen LogP contribution in [0.15, 0.2) is 54.4 Å². The Hall–Kier alpha value is -1.77. The van der Waals surface area contributed by atoms with E-state index >= 15 is 0 Å². The van der Waals surface area contributed by atoms with E-state index in [9.17, 15) is 0 Å². The molecule has 0 amide bonds. The summed E-state index contributed by atoms with van der Waals surface area (Å²) >= 11 is 7.92. The van der Waals surface area contributed by atoms with Gasteiger partial charge in [-0.2, -0.15) is 0 Å². The first kappa shape index (κ1) is 13.2. The van der Waals surface area contributed by atoms with Gasteiger partial charge in [-0.1, -0.05) is 48.5 Å². The standard InChI is InChI=1S/C17H13ClOS/c1-11(19-2)13-7-6-12-4-3-5-14(15(12)10-13)17-16(18)8-9-20-17/h3-10H,1H2,2H3. The van der Waals surface area contributed by atoms with Gasteiger partial charge < -0.3 is 4.74 Å². The average molecular weight is 301 g/mol. The summed E-state index contributed by atoms with van der Waals surface area (Å²) in [6, 6.07) is 14.4. The predicted molar refractivity (Wildman–Crippen MR) is 88.3 cm³/mol. The van der Waals surface area contributed by atoms with Crippen molar-refractivity contribution < 1.29 is 4.74 Å². The Morgan fingerprint density at radius 3 is 2.75 bits per heavy atom. The SMILES string of the molecule is C=C(OC)c1ccc2cccc(-c3sccc3Cl)c2c1. The molecule has 0 bridgehead atoms. The van der Waals surface area contributed by atoms with Crippen LogP contribution in [0.4, 0.5) is 0 Å². The van der Waals surface area contributed by atoms with Crippen LogP contribution >= 0.6 is 22.9 Å². The predicted octanol–water partition coefficient (Wildman–Crippen LogP) is 5.84. The van der Waals surface area contributed by atoms with Gasteiger partial charge in [-0.05, 0) is 28.3 Å². The molecule has 0 atom stereocenters. The zero-order valence-electron chi connectivity index (χ0n) is 11.0. The molecule has 0 aliphatic rings. The Balaban J connectivity index is 2.27. The van der Waals surface area contributed by atoms with Gasteiger partial charge >= 0.3 is 0 Å². The molecule has 0 spiro atoms. The third kappa shape index (κ3) is 2.21. The molecule has 0 fully saturated rings. The highest BCUT2D eigenvalue weighted by atomic mass is 35.5. The van der Waals surface area contributed by atoms with Crippen molar-refractivity contribution in [2.75, 3.05) is 7.11 Å². The highest BCUT2D eigenvalue weighted by Gasteiger charge is 2.10. The second-order valence-corrected chi connectivity index (χ2v) is 5.79. The van der Waals surface area contributed by atoms with Gasteiger partial charge in [0.25, 0.3) is 0 Å². The number of hydrogen-bond acceptors (Lipinski definition) is 2. The van der Waals surface area contributed by atoms with Crippen LogP contribution in [-0.2, 0) is 4.74 Å². The molecule has 0 aliphatic heterocycles. The van der Waals surface area contributed by atoms with Gasteiger partial charge in [0.15, 0.2) is 0 Å². The summed E-state index contributed by atoms with van der Waals surface area (Å²) in [5.41, 5.74) is 2.13. The lowest BCUT2D eigenvalue weighted by Gasteiger charge is -2.09. The number of methoxy groups -OCH3 is 1. The number of fused-ring (bicyclic) bond motifs is 1. The van der Waals surface area contributed by atoms with Crippen LogP contribution in [0.5, 0.6) is 0 Å². The van der Waals surface area contributed by atoms with E-state index in [1.54, 1.807) is 18.4 Å². The fourth-order valence-electron chi connectivity index (χ4n) is 2.25. The van der Waals surface area contributed by atoms with Crippen molar-refractivity contribution in [1.29, 1.82) is 0 Å². The molecule has 0 aliphatic carbocycles. The van der Waals surface area contributed by atoms with Crippen molar-refractivity contribution >= 4 is 39.5 Å². The van der Waals surface area contributed by atoms with Crippen molar-refractivity contribution in [3.63, 3.8) is 0 Å². The number of benzene rings is 2. The quantitative estimate of drug-likeness (QED) is 0.552. The maximum atomic E-state index is 6.27. The zero-order valence-corrected chi connectivity index (χ0v) is 12.6.